The predicted octanol–water partition coefficient (Wildman–Crippen LogP) is 1.11. The second-order valence-electron chi connectivity index (χ2n) is 3.95. The van der Waals surface area contributed by atoms with Crippen LogP contribution >= 0.6 is 0 Å². The smallest absolute Gasteiger partial charge is 0.266 e. The number of aromatic nitrogens is 2. The van der Waals surface area contributed by atoms with Crippen LogP contribution in [0, 0.1) is 6.92 Å². The number of nitrogen functional groups attached to an aromatic ring is 1. The van der Waals surface area contributed by atoms with Gasteiger partial charge in [-0.3, -0.25) is 9.82 Å². The van der Waals surface area contributed by atoms with Crippen molar-refractivity contribution >= 4 is 21.5 Å². The SMILES string of the molecule is COc1ccc(N)cc1S(=O)(=O)Nc1cc(C)[nH]n1. The molecule has 0 amide bonds. The first-order valence-corrected chi connectivity index (χ1v) is 6.89. The zero-order chi connectivity index (χ0) is 14.0. The van der Waals surface area contributed by atoms with Gasteiger partial charge in [0.05, 0.1) is 7.11 Å². The summed E-state index contributed by atoms with van der Waals surface area (Å²) < 4.78 is 31.9. The van der Waals surface area contributed by atoms with Gasteiger partial charge in [0.15, 0.2) is 5.82 Å². The van der Waals surface area contributed by atoms with Gasteiger partial charge in [0.1, 0.15) is 10.6 Å². The molecule has 0 aliphatic heterocycles. The average molecular weight is 282 g/mol. The summed E-state index contributed by atoms with van der Waals surface area (Å²) >= 11 is 0. The number of hydrogen-bond acceptors (Lipinski definition) is 5. The Balaban J connectivity index is 2.41. The third-order valence-corrected chi connectivity index (χ3v) is 3.80. The molecular weight excluding hydrogens is 268 g/mol. The predicted molar refractivity (Wildman–Crippen MR) is 71.5 cm³/mol. The molecule has 19 heavy (non-hydrogen) atoms. The molecule has 0 saturated heterocycles. The lowest BCUT2D eigenvalue weighted by Crippen LogP contribution is -2.14. The van der Waals surface area contributed by atoms with E-state index in [9.17, 15) is 8.42 Å². The summed E-state index contributed by atoms with van der Waals surface area (Å²) in [6.45, 7) is 1.77. The van der Waals surface area contributed by atoms with Crippen molar-refractivity contribution in [2.75, 3.05) is 17.6 Å². The van der Waals surface area contributed by atoms with Crippen molar-refractivity contribution in [2.45, 2.75) is 11.8 Å². The summed E-state index contributed by atoms with van der Waals surface area (Å²) in [5.41, 5.74) is 6.69. The topological polar surface area (TPSA) is 110 Å². The average Bonchev–Trinajstić information content (AvgIpc) is 2.74. The maximum absolute atomic E-state index is 12.2. The van der Waals surface area contributed by atoms with E-state index in [1.807, 2.05) is 0 Å². The molecule has 102 valence electrons. The number of anilines is 2. The van der Waals surface area contributed by atoms with Gasteiger partial charge in [-0.1, -0.05) is 0 Å². The zero-order valence-corrected chi connectivity index (χ0v) is 11.3. The molecule has 2 rings (SSSR count). The molecule has 7 nitrogen and oxygen atoms in total. The molecular formula is C11H14N4O3S. The molecule has 4 N–H and O–H groups in total. The Hall–Kier alpha value is -2.22. The van der Waals surface area contributed by atoms with E-state index in [1.165, 1.54) is 19.2 Å². The number of H-pyrrole nitrogens is 1. The van der Waals surface area contributed by atoms with E-state index >= 15 is 0 Å². The van der Waals surface area contributed by atoms with Gasteiger partial charge in [-0.05, 0) is 25.1 Å². The van der Waals surface area contributed by atoms with Gasteiger partial charge in [0.2, 0.25) is 0 Å². The van der Waals surface area contributed by atoms with Crippen LogP contribution in [0.2, 0.25) is 0 Å². The second kappa shape index (κ2) is 4.81. The van der Waals surface area contributed by atoms with E-state index in [0.717, 1.165) is 5.69 Å². The Bertz CT molecular complexity index is 694. The third-order valence-electron chi connectivity index (χ3n) is 2.42. The van der Waals surface area contributed by atoms with Crippen molar-refractivity contribution in [2.24, 2.45) is 0 Å². The summed E-state index contributed by atoms with van der Waals surface area (Å²) in [7, 11) is -2.41. The van der Waals surface area contributed by atoms with Crippen molar-refractivity contribution in [1.82, 2.24) is 10.2 Å². The first-order chi connectivity index (χ1) is 8.92. The van der Waals surface area contributed by atoms with Crippen LogP contribution in [0.25, 0.3) is 0 Å². The number of benzene rings is 1. The highest BCUT2D eigenvalue weighted by molar-refractivity contribution is 7.92. The van der Waals surface area contributed by atoms with Gasteiger partial charge < -0.3 is 10.5 Å². The molecule has 8 heteroatoms. The van der Waals surface area contributed by atoms with Crippen molar-refractivity contribution < 1.29 is 13.2 Å². The molecule has 0 fully saturated rings. The number of sulfonamides is 1. The normalized spacial score (nSPS) is 11.3. The van der Waals surface area contributed by atoms with E-state index in [0.29, 0.717) is 5.69 Å². The first kappa shape index (κ1) is 13.2. The molecule has 0 aliphatic carbocycles. The van der Waals surface area contributed by atoms with Crippen LogP contribution in [0.15, 0.2) is 29.2 Å². The number of rotatable bonds is 4. The minimum absolute atomic E-state index is 0.0318. The van der Waals surface area contributed by atoms with Crippen LogP contribution in [0.5, 0.6) is 5.75 Å². The number of nitrogens with zero attached hydrogens (tertiary/aromatic N) is 1. The number of ether oxygens (including phenoxy) is 1. The highest BCUT2D eigenvalue weighted by Crippen LogP contribution is 2.27. The number of hydrogen-bond donors (Lipinski definition) is 3. The molecule has 2 aromatic rings. The summed E-state index contributed by atoms with van der Waals surface area (Å²) in [6.07, 6.45) is 0. The molecule has 1 aromatic carbocycles. The Kier molecular flexibility index (Phi) is 3.34. The first-order valence-electron chi connectivity index (χ1n) is 5.41. The Morgan fingerprint density at radius 1 is 1.37 bits per heavy atom. The number of nitrogens with one attached hydrogen (secondary N) is 2. The van der Waals surface area contributed by atoms with Crippen LogP contribution in [0.4, 0.5) is 11.5 Å². The fraction of sp³-hybridized carbons (Fsp3) is 0.182. The van der Waals surface area contributed by atoms with E-state index in [4.69, 9.17) is 10.5 Å². The molecule has 0 unspecified atom stereocenters. The van der Waals surface area contributed by atoms with E-state index in [1.54, 1.807) is 19.1 Å². The van der Waals surface area contributed by atoms with Gasteiger partial charge in [-0.25, -0.2) is 8.42 Å². The number of methoxy groups -OCH3 is 1. The lowest BCUT2D eigenvalue weighted by atomic mass is 10.3. The number of nitrogens with two attached hydrogens (primary N) is 1. The quantitative estimate of drug-likeness (QED) is 0.728. The fourth-order valence-electron chi connectivity index (χ4n) is 1.57. The fourth-order valence-corrected chi connectivity index (χ4v) is 2.76. The summed E-state index contributed by atoms with van der Waals surface area (Å²) in [4.78, 5) is -0.0318. The van der Waals surface area contributed by atoms with E-state index in [-0.39, 0.29) is 16.5 Å². The van der Waals surface area contributed by atoms with Gasteiger partial charge in [0, 0.05) is 17.4 Å². The van der Waals surface area contributed by atoms with Crippen LogP contribution in [0.3, 0.4) is 0 Å². The maximum Gasteiger partial charge on any atom is 0.266 e. The van der Waals surface area contributed by atoms with Gasteiger partial charge in [0.25, 0.3) is 10.0 Å². The van der Waals surface area contributed by atoms with Crippen LogP contribution in [-0.2, 0) is 10.0 Å². The van der Waals surface area contributed by atoms with E-state index in [2.05, 4.69) is 14.9 Å². The lowest BCUT2D eigenvalue weighted by molar-refractivity contribution is 0.403. The van der Waals surface area contributed by atoms with Gasteiger partial charge in [-0.15, -0.1) is 0 Å². The number of aryl methyl sites for hydroxylation is 1. The zero-order valence-electron chi connectivity index (χ0n) is 10.5. The summed E-state index contributed by atoms with van der Waals surface area (Å²) in [5.74, 6) is 0.427. The van der Waals surface area contributed by atoms with Crippen molar-refractivity contribution in [3.8, 4) is 5.75 Å². The van der Waals surface area contributed by atoms with Crippen LogP contribution in [0.1, 0.15) is 5.69 Å². The number of aromatic amines is 1. The van der Waals surface area contributed by atoms with Crippen LogP contribution in [-0.4, -0.2) is 25.7 Å². The van der Waals surface area contributed by atoms with Crippen molar-refractivity contribution in [3.05, 3.63) is 30.0 Å². The largest absolute Gasteiger partial charge is 0.495 e. The second-order valence-corrected chi connectivity index (χ2v) is 5.60. The molecule has 0 saturated carbocycles. The monoisotopic (exact) mass is 282 g/mol. The minimum atomic E-state index is -3.80. The summed E-state index contributed by atoms with van der Waals surface area (Å²) in [5, 5.41) is 6.47. The van der Waals surface area contributed by atoms with Crippen LogP contribution < -0.4 is 15.2 Å². The van der Waals surface area contributed by atoms with Gasteiger partial charge >= 0.3 is 0 Å². The van der Waals surface area contributed by atoms with E-state index < -0.39 is 10.0 Å². The lowest BCUT2D eigenvalue weighted by Gasteiger charge is -2.10. The molecule has 1 aromatic heterocycles. The standard InChI is InChI=1S/C11H14N4O3S/c1-7-5-11(14-13-7)15-19(16,17)10-6-8(12)3-4-9(10)18-2/h3-6H,12H2,1-2H3,(H2,13,14,15). The molecule has 0 aliphatic rings. The molecule has 1 heterocycles. The molecule has 0 spiro atoms. The van der Waals surface area contributed by atoms with Gasteiger partial charge in [-0.2, -0.15) is 5.10 Å². The minimum Gasteiger partial charge on any atom is -0.495 e. The Morgan fingerprint density at radius 2 is 2.11 bits per heavy atom. The summed E-state index contributed by atoms with van der Waals surface area (Å²) in [6, 6.07) is 5.98. The van der Waals surface area contributed by atoms with Crippen molar-refractivity contribution in [3.63, 3.8) is 0 Å². The van der Waals surface area contributed by atoms with Crippen molar-refractivity contribution in [1.29, 1.82) is 0 Å². The molecule has 0 radical (unpaired) electrons. The molecule has 0 atom stereocenters. The molecule has 0 bridgehead atoms. The highest BCUT2D eigenvalue weighted by atomic mass is 32.2. The third kappa shape index (κ3) is 2.79. The Labute approximate surface area is 110 Å². The Morgan fingerprint density at radius 3 is 2.68 bits per heavy atom. The maximum atomic E-state index is 12.2. The highest BCUT2D eigenvalue weighted by Gasteiger charge is 2.20.